The third-order valence-electron chi connectivity index (χ3n) is 3.59. The lowest BCUT2D eigenvalue weighted by atomic mass is 10.1. The van der Waals surface area contributed by atoms with Gasteiger partial charge in [-0.15, -0.1) is 11.8 Å². The fourth-order valence-corrected chi connectivity index (χ4v) is 3.29. The molecule has 0 unspecified atom stereocenters. The summed E-state index contributed by atoms with van der Waals surface area (Å²) in [7, 11) is 0. The third-order valence-corrected chi connectivity index (χ3v) is 4.48. The highest BCUT2D eigenvalue weighted by atomic mass is 32.2. The molecule has 22 heavy (non-hydrogen) atoms. The van der Waals surface area contributed by atoms with Crippen LogP contribution in [0.15, 0.2) is 23.4 Å². The second-order valence-electron chi connectivity index (χ2n) is 5.12. The van der Waals surface area contributed by atoms with Crippen LogP contribution in [-0.2, 0) is 14.2 Å². The molecule has 2 saturated heterocycles. The number of rotatable bonds is 4. The molecule has 1 aromatic rings. The minimum atomic E-state index is -1.90. The lowest BCUT2D eigenvalue weighted by molar-refractivity contribution is -0.211. The van der Waals surface area contributed by atoms with Crippen molar-refractivity contribution in [3.05, 3.63) is 23.9 Å². The number of ether oxygens (including phenoxy) is 3. The molecule has 0 radical (unpaired) electrons. The van der Waals surface area contributed by atoms with Gasteiger partial charge in [-0.3, -0.25) is 0 Å². The van der Waals surface area contributed by atoms with Crippen molar-refractivity contribution in [2.24, 2.45) is 0 Å². The normalized spacial score (nSPS) is 33.7. The standard InChI is InChI=1S/C14H17NO6S/c1-2-22-12-8(4-3-5-15-12)13(17)21-14(18)7-20-10-9(16)6-19-11(10)14/h3-5,9-11,16,18H,2,6-7H2,1H3/t9-,10-,11+,14+/m1/s1. The largest absolute Gasteiger partial charge is 0.424 e. The molecule has 120 valence electrons. The molecule has 3 rings (SSSR count). The zero-order chi connectivity index (χ0) is 15.7. The fraction of sp³-hybridized carbons (Fsp3) is 0.571. The summed E-state index contributed by atoms with van der Waals surface area (Å²) < 4.78 is 15.8. The van der Waals surface area contributed by atoms with E-state index in [9.17, 15) is 15.0 Å². The van der Waals surface area contributed by atoms with Crippen LogP contribution in [0.3, 0.4) is 0 Å². The maximum Gasteiger partial charge on any atom is 0.343 e. The van der Waals surface area contributed by atoms with Gasteiger partial charge in [0.25, 0.3) is 5.79 Å². The first-order valence-electron chi connectivity index (χ1n) is 7.00. The van der Waals surface area contributed by atoms with Crippen LogP contribution in [0.25, 0.3) is 0 Å². The van der Waals surface area contributed by atoms with Gasteiger partial charge >= 0.3 is 5.97 Å². The molecule has 2 aliphatic rings. The highest BCUT2D eigenvalue weighted by molar-refractivity contribution is 7.99. The van der Waals surface area contributed by atoms with Crippen molar-refractivity contribution in [1.82, 2.24) is 4.98 Å². The predicted molar refractivity (Wildman–Crippen MR) is 76.5 cm³/mol. The number of thioether (sulfide) groups is 1. The van der Waals surface area contributed by atoms with Gasteiger partial charge in [0, 0.05) is 6.20 Å². The number of pyridine rings is 1. The number of nitrogens with zero attached hydrogens (tertiary/aromatic N) is 1. The number of hydrogen-bond acceptors (Lipinski definition) is 8. The summed E-state index contributed by atoms with van der Waals surface area (Å²) in [5.41, 5.74) is 0.282. The molecule has 0 aromatic carbocycles. The van der Waals surface area contributed by atoms with Crippen LogP contribution in [0.1, 0.15) is 17.3 Å². The van der Waals surface area contributed by atoms with Crippen LogP contribution in [0.5, 0.6) is 0 Å². The summed E-state index contributed by atoms with van der Waals surface area (Å²) in [6.45, 7) is 1.76. The van der Waals surface area contributed by atoms with Crippen molar-refractivity contribution >= 4 is 17.7 Å². The number of hydrogen-bond donors (Lipinski definition) is 2. The van der Waals surface area contributed by atoms with E-state index >= 15 is 0 Å². The summed E-state index contributed by atoms with van der Waals surface area (Å²) in [6.07, 6.45) is -0.807. The minimum Gasteiger partial charge on any atom is -0.424 e. The number of esters is 1. The van der Waals surface area contributed by atoms with Crippen molar-refractivity contribution in [1.29, 1.82) is 0 Å². The first-order chi connectivity index (χ1) is 10.5. The van der Waals surface area contributed by atoms with Crippen molar-refractivity contribution in [3.63, 3.8) is 0 Å². The number of aromatic nitrogens is 1. The Kier molecular flexibility index (Phi) is 4.37. The molecule has 1 aromatic heterocycles. The SMILES string of the molecule is CCSc1ncccc1C(=O)O[C@@]1(O)CO[C@@H]2[C@H](O)CO[C@@H]21. The van der Waals surface area contributed by atoms with E-state index in [1.54, 1.807) is 18.3 Å². The Morgan fingerprint density at radius 1 is 1.59 bits per heavy atom. The van der Waals surface area contributed by atoms with E-state index in [1.165, 1.54) is 11.8 Å². The Morgan fingerprint density at radius 3 is 3.18 bits per heavy atom. The van der Waals surface area contributed by atoms with Gasteiger partial charge in [-0.1, -0.05) is 6.92 Å². The highest BCUT2D eigenvalue weighted by Crippen LogP contribution is 2.36. The molecule has 4 atom stereocenters. The van der Waals surface area contributed by atoms with Crippen LogP contribution in [0, 0.1) is 0 Å². The van der Waals surface area contributed by atoms with Crippen LogP contribution in [-0.4, -0.2) is 64.2 Å². The first-order valence-corrected chi connectivity index (χ1v) is 7.98. The Balaban J connectivity index is 1.77. The molecule has 2 fully saturated rings. The molecule has 0 aliphatic carbocycles. The lowest BCUT2D eigenvalue weighted by Gasteiger charge is -2.26. The number of aliphatic hydroxyl groups is 2. The van der Waals surface area contributed by atoms with Crippen LogP contribution in [0.2, 0.25) is 0 Å². The van der Waals surface area contributed by atoms with Crippen LogP contribution >= 0.6 is 11.8 Å². The van der Waals surface area contributed by atoms with E-state index in [-0.39, 0.29) is 18.8 Å². The molecule has 8 heteroatoms. The zero-order valence-electron chi connectivity index (χ0n) is 12.0. The van der Waals surface area contributed by atoms with Crippen molar-refractivity contribution < 1.29 is 29.2 Å². The quantitative estimate of drug-likeness (QED) is 0.460. The van der Waals surface area contributed by atoms with Crippen LogP contribution < -0.4 is 0 Å². The summed E-state index contributed by atoms with van der Waals surface area (Å²) in [6, 6.07) is 3.22. The van der Waals surface area contributed by atoms with Gasteiger partial charge in [-0.05, 0) is 17.9 Å². The number of fused-ring (bicyclic) bond motifs is 1. The van der Waals surface area contributed by atoms with Gasteiger partial charge in [0.15, 0.2) is 6.10 Å². The molecule has 0 saturated carbocycles. The smallest absolute Gasteiger partial charge is 0.343 e. The van der Waals surface area contributed by atoms with Gasteiger partial charge in [0.2, 0.25) is 0 Å². The Labute approximate surface area is 131 Å². The van der Waals surface area contributed by atoms with E-state index < -0.39 is 30.1 Å². The van der Waals surface area contributed by atoms with Crippen LogP contribution in [0.4, 0.5) is 0 Å². The fourth-order valence-electron chi connectivity index (χ4n) is 2.58. The van der Waals surface area contributed by atoms with E-state index in [0.717, 1.165) is 5.75 Å². The molecule has 0 bridgehead atoms. The lowest BCUT2D eigenvalue weighted by Crippen LogP contribution is -2.47. The minimum absolute atomic E-state index is 0.0407. The Bertz CT molecular complexity index is 570. The van der Waals surface area contributed by atoms with Gasteiger partial charge < -0.3 is 24.4 Å². The second-order valence-corrected chi connectivity index (χ2v) is 6.37. The summed E-state index contributed by atoms with van der Waals surface area (Å²) in [5, 5.41) is 20.7. The van der Waals surface area contributed by atoms with Gasteiger partial charge in [-0.25, -0.2) is 9.78 Å². The summed E-state index contributed by atoms with van der Waals surface area (Å²) >= 11 is 1.41. The molecular weight excluding hydrogens is 310 g/mol. The highest BCUT2D eigenvalue weighted by Gasteiger charge is 2.58. The van der Waals surface area contributed by atoms with E-state index in [1.807, 2.05) is 6.92 Å². The number of carbonyl (C=O) groups is 1. The summed E-state index contributed by atoms with van der Waals surface area (Å²) in [4.78, 5) is 16.5. The molecule has 3 heterocycles. The predicted octanol–water partition coefficient (Wildman–Crippen LogP) is 0.197. The molecule has 2 N–H and O–H groups in total. The number of carbonyl (C=O) groups excluding carboxylic acids is 1. The third kappa shape index (κ3) is 2.72. The van der Waals surface area contributed by atoms with Gasteiger partial charge in [0.05, 0.1) is 12.2 Å². The monoisotopic (exact) mass is 327 g/mol. The maximum absolute atomic E-state index is 12.4. The zero-order valence-corrected chi connectivity index (χ0v) is 12.8. The van der Waals surface area contributed by atoms with Gasteiger partial charge in [0.1, 0.15) is 23.8 Å². The van der Waals surface area contributed by atoms with E-state index in [4.69, 9.17) is 14.2 Å². The van der Waals surface area contributed by atoms with E-state index in [2.05, 4.69) is 4.98 Å². The Hall–Kier alpha value is -1.19. The maximum atomic E-state index is 12.4. The van der Waals surface area contributed by atoms with Crippen molar-refractivity contribution in [2.45, 2.75) is 36.0 Å². The molecule has 2 aliphatic heterocycles. The number of aliphatic hydroxyl groups excluding tert-OH is 1. The summed E-state index contributed by atoms with van der Waals surface area (Å²) in [5.74, 6) is -1.84. The molecule has 7 nitrogen and oxygen atoms in total. The topological polar surface area (TPSA) is 98.1 Å². The molecule has 0 amide bonds. The first kappa shape index (κ1) is 15.7. The van der Waals surface area contributed by atoms with Crippen molar-refractivity contribution in [3.8, 4) is 0 Å². The molecular formula is C14H17NO6S. The van der Waals surface area contributed by atoms with E-state index in [0.29, 0.717) is 5.03 Å². The average Bonchev–Trinajstić information content (AvgIpc) is 3.02. The Morgan fingerprint density at radius 2 is 2.41 bits per heavy atom. The average molecular weight is 327 g/mol. The second kappa shape index (κ2) is 6.13. The van der Waals surface area contributed by atoms with Gasteiger partial charge in [-0.2, -0.15) is 0 Å². The molecule has 0 spiro atoms. The van der Waals surface area contributed by atoms with Crippen molar-refractivity contribution in [2.75, 3.05) is 19.0 Å².